The van der Waals surface area contributed by atoms with Gasteiger partial charge in [-0.3, -0.25) is 0 Å². The number of ether oxygens (including phenoxy) is 1. The molecule has 4 heteroatoms. The van der Waals surface area contributed by atoms with Gasteiger partial charge in [0.15, 0.2) is 0 Å². The molecule has 0 aliphatic carbocycles. The lowest BCUT2D eigenvalue weighted by Gasteiger charge is -2.37. The van der Waals surface area contributed by atoms with Crippen molar-refractivity contribution in [3.05, 3.63) is 0 Å². The molecule has 4 nitrogen and oxygen atoms in total. The Balaban J connectivity index is 4.50. The molecule has 0 bridgehead atoms. The fraction of sp³-hybridized carbons (Fsp3) is 0.941. The molecule has 0 aromatic carbocycles. The van der Waals surface area contributed by atoms with Crippen LogP contribution < -0.4 is 5.32 Å². The Morgan fingerprint density at radius 3 is 2.00 bits per heavy atom. The first kappa shape index (κ1) is 20.2. The summed E-state index contributed by atoms with van der Waals surface area (Å²) in [5.74, 6) is 0.678. The summed E-state index contributed by atoms with van der Waals surface area (Å²) in [6, 6.07) is 0.463. The molecule has 0 rings (SSSR count). The maximum Gasteiger partial charge on any atom is 0.410 e. The number of nitrogens with zero attached hydrogens (tertiary/aromatic N) is 1. The second kappa shape index (κ2) is 8.02. The zero-order valence-electron chi connectivity index (χ0n) is 15.5. The van der Waals surface area contributed by atoms with Crippen molar-refractivity contribution < 1.29 is 9.53 Å². The Labute approximate surface area is 131 Å². The fourth-order valence-electron chi connectivity index (χ4n) is 2.23. The van der Waals surface area contributed by atoms with Gasteiger partial charge in [0, 0.05) is 24.7 Å². The highest BCUT2D eigenvalue weighted by Crippen LogP contribution is 2.18. The van der Waals surface area contributed by atoms with E-state index in [2.05, 4.69) is 26.1 Å². The first-order chi connectivity index (χ1) is 9.33. The van der Waals surface area contributed by atoms with Crippen LogP contribution in [0.3, 0.4) is 0 Å². The number of hydrogen-bond donors (Lipinski definition) is 1. The van der Waals surface area contributed by atoms with Gasteiger partial charge in [-0.25, -0.2) is 4.79 Å². The average molecular weight is 300 g/mol. The molecule has 0 aliphatic rings. The molecule has 0 spiro atoms. The van der Waals surface area contributed by atoms with Crippen molar-refractivity contribution in [2.75, 3.05) is 13.1 Å². The van der Waals surface area contributed by atoms with Crippen LogP contribution in [0.25, 0.3) is 0 Å². The Morgan fingerprint density at radius 1 is 1.10 bits per heavy atom. The molecule has 21 heavy (non-hydrogen) atoms. The van der Waals surface area contributed by atoms with Gasteiger partial charge < -0.3 is 15.0 Å². The van der Waals surface area contributed by atoms with Crippen LogP contribution in [0.15, 0.2) is 0 Å². The van der Waals surface area contributed by atoms with Gasteiger partial charge in [-0.15, -0.1) is 0 Å². The van der Waals surface area contributed by atoms with Gasteiger partial charge in [0.1, 0.15) is 5.60 Å². The van der Waals surface area contributed by atoms with E-state index in [4.69, 9.17) is 4.74 Å². The average Bonchev–Trinajstić information content (AvgIpc) is 2.18. The first-order valence-corrected chi connectivity index (χ1v) is 8.07. The van der Waals surface area contributed by atoms with Crippen LogP contribution in [-0.2, 0) is 4.74 Å². The lowest BCUT2D eigenvalue weighted by Crippen LogP contribution is -2.50. The smallest absolute Gasteiger partial charge is 0.410 e. The molecule has 1 unspecified atom stereocenters. The van der Waals surface area contributed by atoms with Crippen LogP contribution in [0.5, 0.6) is 0 Å². The zero-order valence-corrected chi connectivity index (χ0v) is 15.5. The van der Waals surface area contributed by atoms with E-state index in [1.165, 1.54) is 0 Å². The summed E-state index contributed by atoms with van der Waals surface area (Å²) in [6.07, 6.45) is 0.899. The predicted octanol–water partition coefficient (Wildman–Crippen LogP) is 4.05. The first-order valence-electron chi connectivity index (χ1n) is 8.07. The fourth-order valence-corrected chi connectivity index (χ4v) is 2.23. The van der Waals surface area contributed by atoms with E-state index in [0.717, 1.165) is 13.0 Å². The minimum Gasteiger partial charge on any atom is -0.444 e. The van der Waals surface area contributed by atoms with E-state index in [-0.39, 0.29) is 11.6 Å². The Hall–Kier alpha value is -0.770. The number of carbonyl (C=O) groups excluding carboxylic acids is 1. The van der Waals surface area contributed by atoms with Crippen molar-refractivity contribution in [3.63, 3.8) is 0 Å². The number of amides is 1. The maximum absolute atomic E-state index is 12.3. The number of rotatable bonds is 6. The molecule has 0 heterocycles. The van der Waals surface area contributed by atoms with E-state index in [1.54, 1.807) is 4.90 Å². The number of hydrogen-bond acceptors (Lipinski definition) is 3. The largest absolute Gasteiger partial charge is 0.444 e. The van der Waals surface area contributed by atoms with Crippen molar-refractivity contribution in [3.8, 4) is 0 Å². The molecule has 0 saturated carbocycles. The van der Waals surface area contributed by atoms with Crippen molar-refractivity contribution in [2.24, 2.45) is 5.92 Å². The van der Waals surface area contributed by atoms with Crippen molar-refractivity contribution in [1.29, 1.82) is 0 Å². The minimum atomic E-state index is -0.459. The molecule has 0 saturated heterocycles. The summed E-state index contributed by atoms with van der Waals surface area (Å²) in [5, 5.41) is 3.48. The van der Waals surface area contributed by atoms with Crippen LogP contribution in [0.1, 0.15) is 68.7 Å². The molecule has 0 radical (unpaired) electrons. The molecule has 1 N–H and O–H groups in total. The van der Waals surface area contributed by atoms with Crippen LogP contribution in [0.2, 0.25) is 0 Å². The molecule has 0 aromatic rings. The van der Waals surface area contributed by atoms with Crippen LogP contribution in [0, 0.1) is 5.92 Å². The molecule has 0 aromatic heterocycles. The standard InChI is InChI=1S/C17H36N2O2/c1-13(2)12-14(3)18-10-11-19(16(4,5)6)15(20)21-17(7,8)9/h13-14,18H,10-12H2,1-9H3. The number of carbonyl (C=O) groups is 1. The highest BCUT2D eigenvalue weighted by Gasteiger charge is 2.30. The summed E-state index contributed by atoms with van der Waals surface area (Å²) < 4.78 is 5.51. The van der Waals surface area contributed by atoms with Gasteiger partial charge in [-0.1, -0.05) is 13.8 Å². The molecular weight excluding hydrogens is 264 g/mol. The second-order valence-corrected chi connectivity index (χ2v) is 8.29. The quantitative estimate of drug-likeness (QED) is 0.804. The monoisotopic (exact) mass is 300 g/mol. The van der Waals surface area contributed by atoms with Gasteiger partial charge in [0.2, 0.25) is 0 Å². The second-order valence-electron chi connectivity index (χ2n) is 8.29. The summed E-state index contributed by atoms with van der Waals surface area (Å²) >= 11 is 0. The lowest BCUT2D eigenvalue weighted by atomic mass is 10.0. The third-order valence-corrected chi connectivity index (χ3v) is 3.08. The van der Waals surface area contributed by atoms with E-state index >= 15 is 0 Å². The van der Waals surface area contributed by atoms with Crippen LogP contribution in [0.4, 0.5) is 4.79 Å². The van der Waals surface area contributed by atoms with Crippen LogP contribution in [-0.4, -0.2) is 41.3 Å². The maximum atomic E-state index is 12.3. The van der Waals surface area contributed by atoms with E-state index in [9.17, 15) is 4.79 Å². The van der Waals surface area contributed by atoms with E-state index < -0.39 is 5.60 Å². The third kappa shape index (κ3) is 9.72. The zero-order chi connectivity index (χ0) is 16.8. The summed E-state index contributed by atoms with van der Waals surface area (Å²) in [5.41, 5.74) is -0.704. The number of nitrogens with one attached hydrogen (secondary N) is 1. The van der Waals surface area contributed by atoms with Crippen molar-refractivity contribution >= 4 is 6.09 Å². The lowest BCUT2D eigenvalue weighted by molar-refractivity contribution is 0.00645. The predicted molar refractivity (Wildman–Crippen MR) is 89.6 cm³/mol. The molecule has 126 valence electrons. The van der Waals surface area contributed by atoms with Gasteiger partial charge in [0.25, 0.3) is 0 Å². The van der Waals surface area contributed by atoms with Gasteiger partial charge >= 0.3 is 6.09 Å². The molecule has 1 amide bonds. The minimum absolute atomic E-state index is 0.242. The summed E-state index contributed by atoms with van der Waals surface area (Å²) in [6.45, 7) is 19.9. The topological polar surface area (TPSA) is 41.6 Å². The summed E-state index contributed by atoms with van der Waals surface area (Å²) in [4.78, 5) is 14.1. The molecule has 0 fully saturated rings. The Morgan fingerprint density at radius 2 is 1.62 bits per heavy atom. The Bertz CT molecular complexity index is 314. The van der Waals surface area contributed by atoms with Crippen molar-refractivity contribution in [1.82, 2.24) is 10.2 Å². The van der Waals surface area contributed by atoms with Gasteiger partial charge in [0.05, 0.1) is 0 Å². The molecule has 0 aliphatic heterocycles. The van der Waals surface area contributed by atoms with E-state index in [1.807, 2.05) is 41.5 Å². The summed E-state index contributed by atoms with van der Waals surface area (Å²) in [7, 11) is 0. The van der Waals surface area contributed by atoms with Gasteiger partial charge in [-0.05, 0) is 60.8 Å². The molecule has 1 atom stereocenters. The van der Waals surface area contributed by atoms with Crippen LogP contribution >= 0.6 is 0 Å². The molecular formula is C17H36N2O2. The third-order valence-electron chi connectivity index (χ3n) is 3.08. The SMILES string of the molecule is CC(C)CC(C)NCCN(C(=O)OC(C)(C)C)C(C)(C)C. The highest BCUT2D eigenvalue weighted by atomic mass is 16.6. The van der Waals surface area contributed by atoms with E-state index in [0.29, 0.717) is 18.5 Å². The van der Waals surface area contributed by atoms with Crippen molar-refractivity contribution in [2.45, 2.75) is 85.9 Å². The van der Waals surface area contributed by atoms with Gasteiger partial charge in [-0.2, -0.15) is 0 Å². The Kier molecular flexibility index (Phi) is 7.73. The highest BCUT2D eigenvalue weighted by molar-refractivity contribution is 5.69. The normalized spacial score (nSPS) is 14.2.